The molecule has 0 radical (unpaired) electrons. The van der Waals surface area contributed by atoms with E-state index < -0.39 is 0 Å². The van der Waals surface area contributed by atoms with E-state index in [1.54, 1.807) is 0 Å². The van der Waals surface area contributed by atoms with Crippen molar-refractivity contribution in [2.24, 2.45) is 0 Å². The Balaban J connectivity index is 1.63. The van der Waals surface area contributed by atoms with Crippen molar-refractivity contribution in [1.82, 2.24) is 15.5 Å². The van der Waals surface area contributed by atoms with Crippen molar-refractivity contribution in [3.63, 3.8) is 0 Å². The van der Waals surface area contributed by atoms with E-state index in [4.69, 9.17) is 0 Å². The fraction of sp³-hybridized carbons (Fsp3) is 0.933. The van der Waals surface area contributed by atoms with Gasteiger partial charge in [0.1, 0.15) is 0 Å². The lowest BCUT2D eigenvalue weighted by Crippen LogP contribution is -2.50. The number of rotatable bonds is 4. The summed E-state index contributed by atoms with van der Waals surface area (Å²) in [5, 5.41) is 6.29. The van der Waals surface area contributed by atoms with Gasteiger partial charge in [0.15, 0.2) is 0 Å². The molecule has 19 heavy (non-hydrogen) atoms. The zero-order valence-electron chi connectivity index (χ0n) is 12.3. The monoisotopic (exact) mass is 267 g/mol. The average Bonchev–Trinajstić information content (AvgIpc) is 2.42. The van der Waals surface area contributed by atoms with Crippen molar-refractivity contribution in [1.29, 1.82) is 0 Å². The molecule has 0 aromatic carbocycles. The van der Waals surface area contributed by atoms with Gasteiger partial charge in [0.05, 0.1) is 0 Å². The van der Waals surface area contributed by atoms with Crippen molar-refractivity contribution >= 4 is 6.03 Å². The van der Waals surface area contributed by atoms with Crippen LogP contribution in [0.1, 0.15) is 58.3 Å². The SMILES string of the molecule is CCCN1CCC(NC(=O)NC2CCCCC2)CC1. The molecular weight excluding hydrogens is 238 g/mol. The molecule has 0 aromatic rings. The number of likely N-dealkylation sites (tertiary alicyclic amines) is 1. The van der Waals surface area contributed by atoms with Crippen molar-refractivity contribution in [2.45, 2.75) is 70.4 Å². The Hall–Kier alpha value is -0.770. The van der Waals surface area contributed by atoms with E-state index >= 15 is 0 Å². The van der Waals surface area contributed by atoms with Crippen LogP contribution in [-0.2, 0) is 0 Å². The molecule has 1 aliphatic heterocycles. The number of piperidine rings is 1. The smallest absolute Gasteiger partial charge is 0.315 e. The van der Waals surface area contributed by atoms with Gasteiger partial charge in [-0.1, -0.05) is 26.2 Å². The summed E-state index contributed by atoms with van der Waals surface area (Å²) in [6.07, 6.45) is 9.58. The fourth-order valence-corrected chi connectivity index (χ4v) is 3.28. The lowest BCUT2D eigenvalue weighted by Gasteiger charge is -2.32. The molecule has 4 heteroatoms. The second-order valence-corrected chi connectivity index (χ2v) is 6.07. The predicted octanol–water partition coefficient (Wildman–Crippen LogP) is 2.49. The van der Waals surface area contributed by atoms with Crippen molar-refractivity contribution in [3.05, 3.63) is 0 Å². The Kier molecular flexibility index (Phi) is 5.95. The second kappa shape index (κ2) is 7.73. The first kappa shape index (κ1) is 14.6. The maximum absolute atomic E-state index is 12.0. The minimum absolute atomic E-state index is 0.0563. The van der Waals surface area contributed by atoms with E-state index in [0.29, 0.717) is 12.1 Å². The molecule has 2 aliphatic rings. The van der Waals surface area contributed by atoms with Gasteiger partial charge in [-0.3, -0.25) is 0 Å². The summed E-state index contributed by atoms with van der Waals surface area (Å²) >= 11 is 0. The van der Waals surface area contributed by atoms with E-state index in [2.05, 4.69) is 22.5 Å². The van der Waals surface area contributed by atoms with Crippen LogP contribution in [0.3, 0.4) is 0 Å². The van der Waals surface area contributed by atoms with Crippen molar-refractivity contribution < 1.29 is 4.79 Å². The molecule has 0 aromatic heterocycles. The molecule has 0 unspecified atom stereocenters. The summed E-state index contributed by atoms with van der Waals surface area (Å²) in [6, 6.07) is 0.839. The summed E-state index contributed by atoms with van der Waals surface area (Å²) in [7, 11) is 0. The number of nitrogens with one attached hydrogen (secondary N) is 2. The minimum atomic E-state index is 0.0563. The van der Waals surface area contributed by atoms with Crippen LogP contribution in [-0.4, -0.2) is 42.6 Å². The number of amides is 2. The Morgan fingerprint density at radius 3 is 2.16 bits per heavy atom. The Labute approximate surface area is 117 Å². The van der Waals surface area contributed by atoms with Gasteiger partial charge in [0.2, 0.25) is 0 Å². The number of carbonyl (C=O) groups excluding carboxylic acids is 1. The molecule has 1 heterocycles. The number of hydrogen-bond acceptors (Lipinski definition) is 2. The molecule has 1 saturated heterocycles. The highest BCUT2D eigenvalue weighted by atomic mass is 16.2. The molecule has 2 fully saturated rings. The van der Waals surface area contributed by atoms with Crippen molar-refractivity contribution in [3.8, 4) is 0 Å². The fourth-order valence-electron chi connectivity index (χ4n) is 3.28. The van der Waals surface area contributed by atoms with E-state index in [0.717, 1.165) is 38.8 Å². The summed E-state index contributed by atoms with van der Waals surface area (Å²) in [6.45, 7) is 5.67. The van der Waals surface area contributed by atoms with Crippen molar-refractivity contribution in [2.75, 3.05) is 19.6 Å². The van der Waals surface area contributed by atoms with Gasteiger partial charge < -0.3 is 15.5 Å². The molecule has 0 spiro atoms. The highest BCUT2D eigenvalue weighted by Gasteiger charge is 2.21. The molecule has 110 valence electrons. The summed E-state index contributed by atoms with van der Waals surface area (Å²) in [5.74, 6) is 0. The minimum Gasteiger partial charge on any atom is -0.335 e. The van der Waals surface area contributed by atoms with Crippen LogP contribution < -0.4 is 10.6 Å². The first-order valence-corrected chi connectivity index (χ1v) is 8.07. The van der Waals surface area contributed by atoms with Crippen LogP contribution in [0, 0.1) is 0 Å². The van der Waals surface area contributed by atoms with Crippen LogP contribution in [0.2, 0.25) is 0 Å². The molecule has 0 bridgehead atoms. The average molecular weight is 267 g/mol. The molecule has 1 saturated carbocycles. The quantitative estimate of drug-likeness (QED) is 0.822. The van der Waals surface area contributed by atoms with Crippen LogP contribution in [0.25, 0.3) is 0 Å². The Bertz CT molecular complexity index is 269. The highest BCUT2D eigenvalue weighted by molar-refractivity contribution is 5.74. The lowest BCUT2D eigenvalue weighted by atomic mass is 9.96. The van der Waals surface area contributed by atoms with E-state index in [9.17, 15) is 4.79 Å². The third-order valence-corrected chi connectivity index (χ3v) is 4.40. The number of carbonyl (C=O) groups is 1. The first-order chi connectivity index (χ1) is 9.28. The van der Waals surface area contributed by atoms with Crippen LogP contribution >= 0.6 is 0 Å². The zero-order valence-corrected chi connectivity index (χ0v) is 12.3. The molecule has 0 atom stereocenters. The largest absolute Gasteiger partial charge is 0.335 e. The molecule has 1 aliphatic carbocycles. The maximum atomic E-state index is 12.0. The van der Waals surface area contributed by atoms with E-state index in [1.165, 1.54) is 32.2 Å². The van der Waals surface area contributed by atoms with Gasteiger partial charge in [-0.05, 0) is 38.6 Å². The first-order valence-electron chi connectivity index (χ1n) is 8.07. The standard InChI is InChI=1S/C15H29N3O/c1-2-10-18-11-8-14(9-12-18)17-15(19)16-13-6-4-3-5-7-13/h13-14H,2-12H2,1H3,(H2,16,17,19). The topological polar surface area (TPSA) is 44.4 Å². The normalized spacial score (nSPS) is 23.2. The van der Waals surface area contributed by atoms with Gasteiger partial charge in [-0.25, -0.2) is 4.79 Å². The summed E-state index contributed by atoms with van der Waals surface area (Å²) in [5.41, 5.74) is 0. The molecule has 4 nitrogen and oxygen atoms in total. The van der Waals surface area contributed by atoms with E-state index in [1.807, 2.05) is 0 Å². The van der Waals surface area contributed by atoms with Gasteiger partial charge in [-0.2, -0.15) is 0 Å². The Morgan fingerprint density at radius 2 is 1.58 bits per heavy atom. The number of nitrogens with zero attached hydrogens (tertiary/aromatic N) is 1. The second-order valence-electron chi connectivity index (χ2n) is 6.07. The van der Waals surface area contributed by atoms with Gasteiger partial charge in [0, 0.05) is 25.2 Å². The molecule has 2 amide bonds. The van der Waals surface area contributed by atoms with E-state index in [-0.39, 0.29) is 6.03 Å². The Morgan fingerprint density at radius 1 is 1.00 bits per heavy atom. The van der Waals surface area contributed by atoms with Gasteiger partial charge in [0.25, 0.3) is 0 Å². The van der Waals surface area contributed by atoms with Crippen LogP contribution in [0.4, 0.5) is 4.79 Å². The summed E-state index contributed by atoms with van der Waals surface area (Å²) < 4.78 is 0. The highest BCUT2D eigenvalue weighted by Crippen LogP contribution is 2.17. The summed E-state index contributed by atoms with van der Waals surface area (Å²) in [4.78, 5) is 14.4. The van der Waals surface area contributed by atoms with Crippen LogP contribution in [0.5, 0.6) is 0 Å². The molecule has 2 N–H and O–H groups in total. The molecular formula is C15H29N3O. The lowest BCUT2D eigenvalue weighted by molar-refractivity contribution is 0.190. The van der Waals surface area contributed by atoms with Crippen LogP contribution in [0.15, 0.2) is 0 Å². The molecule has 2 rings (SSSR count). The van der Waals surface area contributed by atoms with Gasteiger partial charge in [-0.15, -0.1) is 0 Å². The predicted molar refractivity (Wildman–Crippen MR) is 78.3 cm³/mol. The third-order valence-electron chi connectivity index (χ3n) is 4.40. The van der Waals surface area contributed by atoms with Gasteiger partial charge >= 0.3 is 6.03 Å². The zero-order chi connectivity index (χ0) is 13.5. The number of hydrogen-bond donors (Lipinski definition) is 2. The number of urea groups is 1. The third kappa shape index (κ3) is 5.01. The maximum Gasteiger partial charge on any atom is 0.315 e.